The number of benzene rings is 1. The Hall–Kier alpha value is -0.870. The van der Waals surface area contributed by atoms with Gasteiger partial charge in [-0.3, -0.25) is 0 Å². The van der Waals surface area contributed by atoms with Gasteiger partial charge in [0.25, 0.3) is 6.43 Å². The van der Waals surface area contributed by atoms with Crippen molar-refractivity contribution in [3.05, 3.63) is 28.8 Å². The average Bonchev–Trinajstić information content (AvgIpc) is 2.24. The van der Waals surface area contributed by atoms with Crippen molar-refractivity contribution in [1.82, 2.24) is 5.32 Å². The Labute approximate surface area is 98.6 Å². The van der Waals surface area contributed by atoms with Gasteiger partial charge in [0.1, 0.15) is 12.4 Å². The van der Waals surface area contributed by atoms with Crippen LogP contribution in [0.3, 0.4) is 0 Å². The van der Waals surface area contributed by atoms with Crippen molar-refractivity contribution in [2.24, 2.45) is 0 Å². The highest BCUT2D eigenvalue weighted by atomic mass is 35.5. The highest BCUT2D eigenvalue weighted by molar-refractivity contribution is 6.32. The van der Waals surface area contributed by atoms with Crippen molar-refractivity contribution >= 4 is 11.6 Å². The summed E-state index contributed by atoms with van der Waals surface area (Å²) in [6, 6.07) is 5.19. The molecule has 2 nitrogen and oxygen atoms in total. The van der Waals surface area contributed by atoms with Crippen LogP contribution in [0.2, 0.25) is 5.02 Å². The minimum Gasteiger partial charge on any atom is -0.486 e. The Kier molecular flexibility index (Phi) is 5.49. The average molecular weight is 250 g/mol. The zero-order chi connectivity index (χ0) is 12.0. The van der Waals surface area contributed by atoms with E-state index >= 15 is 0 Å². The number of rotatable bonds is 6. The van der Waals surface area contributed by atoms with Crippen molar-refractivity contribution in [1.29, 1.82) is 0 Å². The monoisotopic (exact) mass is 249 g/mol. The molecule has 1 rings (SSSR count). The summed E-state index contributed by atoms with van der Waals surface area (Å²) < 4.78 is 29.1. The summed E-state index contributed by atoms with van der Waals surface area (Å²) in [5, 5.41) is 3.45. The zero-order valence-electron chi connectivity index (χ0n) is 8.97. The van der Waals surface area contributed by atoms with Gasteiger partial charge in [0.2, 0.25) is 0 Å². The van der Waals surface area contributed by atoms with Crippen LogP contribution >= 0.6 is 11.6 Å². The highest BCUT2D eigenvalue weighted by Gasteiger charge is 2.10. The largest absolute Gasteiger partial charge is 0.486 e. The first-order valence-corrected chi connectivity index (χ1v) is 5.42. The summed E-state index contributed by atoms with van der Waals surface area (Å²) in [5.41, 5.74) is 0.787. The fraction of sp³-hybridized carbons (Fsp3) is 0.455. The summed E-state index contributed by atoms with van der Waals surface area (Å²) in [6.07, 6.45) is -2.50. The van der Waals surface area contributed by atoms with Gasteiger partial charge in [0, 0.05) is 12.1 Å². The van der Waals surface area contributed by atoms with Crippen LogP contribution < -0.4 is 10.1 Å². The number of alkyl halides is 2. The van der Waals surface area contributed by atoms with Crippen LogP contribution in [-0.4, -0.2) is 19.6 Å². The molecule has 0 aliphatic rings. The number of para-hydroxylation sites is 1. The molecule has 1 N–H and O–H groups in total. The Morgan fingerprint density at radius 2 is 2.19 bits per heavy atom. The second-order valence-corrected chi connectivity index (χ2v) is 3.62. The molecule has 5 heteroatoms. The lowest BCUT2D eigenvalue weighted by molar-refractivity contribution is 0.0814. The quantitative estimate of drug-likeness (QED) is 0.837. The smallest absolute Gasteiger partial charge is 0.272 e. The van der Waals surface area contributed by atoms with Crippen LogP contribution in [0.1, 0.15) is 12.5 Å². The lowest BCUT2D eigenvalue weighted by Gasteiger charge is -2.12. The van der Waals surface area contributed by atoms with E-state index in [9.17, 15) is 8.78 Å². The van der Waals surface area contributed by atoms with E-state index in [-0.39, 0.29) is 0 Å². The first kappa shape index (κ1) is 13.2. The molecule has 0 aliphatic heterocycles. The number of halogens is 3. The van der Waals surface area contributed by atoms with Crippen LogP contribution in [0.15, 0.2) is 18.2 Å². The first-order valence-electron chi connectivity index (χ1n) is 5.04. The maximum absolute atomic E-state index is 12.1. The van der Waals surface area contributed by atoms with Crippen molar-refractivity contribution in [2.45, 2.75) is 19.9 Å². The highest BCUT2D eigenvalue weighted by Crippen LogP contribution is 2.28. The number of nitrogens with one attached hydrogen (secondary N) is 1. The molecule has 0 fully saturated rings. The molecule has 0 spiro atoms. The second-order valence-electron chi connectivity index (χ2n) is 3.21. The minimum atomic E-state index is -2.50. The summed E-state index contributed by atoms with van der Waals surface area (Å²) in [4.78, 5) is 0. The summed E-state index contributed by atoms with van der Waals surface area (Å²) in [7, 11) is 0. The maximum Gasteiger partial charge on any atom is 0.272 e. The molecular formula is C11H14ClF2NO. The van der Waals surface area contributed by atoms with E-state index in [0.29, 0.717) is 17.3 Å². The lowest BCUT2D eigenvalue weighted by atomic mass is 10.2. The van der Waals surface area contributed by atoms with E-state index in [0.717, 1.165) is 12.1 Å². The Bertz CT molecular complexity index is 334. The van der Waals surface area contributed by atoms with Gasteiger partial charge in [-0.05, 0) is 12.6 Å². The van der Waals surface area contributed by atoms with Crippen LogP contribution in [0.25, 0.3) is 0 Å². The molecule has 0 aromatic heterocycles. The van der Waals surface area contributed by atoms with Crippen molar-refractivity contribution in [3.8, 4) is 5.75 Å². The van der Waals surface area contributed by atoms with E-state index in [2.05, 4.69) is 5.32 Å². The SMILES string of the molecule is CCNCc1cccc(Cl)c1OCC(F)F. The van der Waals surface area contributed by atoms with E-state index in [1.165, 1.54) is 0 Å². The Morgan fingerprint density at radius 1 is 1.44 bits per heavy atom. The molecule has 90 valence electrons. The molecule has 0 heterocycles. The zero-order valence-corrected chi connectivity index (χ0v) is 9.73. The van der Waals surface area contributed by atoms with E-state index in [1.807, 2.05) is 6.92 Å². The molecule has 16 heavy (non-hydrogen) atoms. The Morgan fingerprint density at radius 3 is 2.81 bits per heavy atom. The molecule has 1 aromatic rings. The van der Waals surface area contributed by atoms with Crippen LogP contribution in [0, 0.1) is 0 Å². The van der Waals surface area contributed by atoms with Crippen LogP contribution in [0.4, 0.5) is 8.78 Å². The first-order chi connectivity index (χ1) is 7.65. The molecule has 0 radical (unpaired) electrons. The summed E-state index contributed by atoms with van der Waals surface area (Å²) in [5.74, 6) is 0.338. The fourth-order valence-corrected chi connectivity index (χ4v) is 1.51. The number of ether oxygens (including phenoxy) is 1. The lowest BCUT2D eigenvalue weighted by Crippen LogP contribution is -2.14. The third kappa shape index (κ3) is 3.94. The van der Waals surface area contributed by atoms with Gasteiger partial charge in [-0.1, -0.05) is 30.7 Å². The summed E-state index contributed by atoms with van der Waals surface area (Å²) >= 11 is 5.89. The van der Waals surface area contributed by atoms with Gasteiger partial charge in [-0.25, -0.2) is 8.78 Å². The third-order valence-electron chi connectivity index (χ3n) is 1.97. The molecule has 0 amide bonds. The van der Waals surface area contributed by atoms with E-state index in [4.69, 9.17) is 16.3 Å². The van der Waals surface area contributed by atoms with Crippen molar-refractivity contribution < 1.29 is 13.5 Å². The Balaban J connectivity index is 2.77. The van der Waals surface area contributed by atoms with Crippen molar-refractivity contribution in [3.63, 3.8) is 0 Å². The van der Waals surface area contributed by atoms with Gasteiger partial charge in [0.05, 0.1) is 5.02 Å². The maximum atomic E-state index is 12.1. The fourth-order valence-electron chi connectivity index (χ4n) is 1.26. The molecular weight excluding hydrogens is 236 g/mol. The predicted molar refractivity (Wildman–Crippen MR) is 60.3 cm³/mol. The van der Waals surface area contributed by atoms with Crippen molar-refractivity contribution in [2.75, 3.05) is 13.2 Å². The molecule has 0 unspecified atom stereocenters. The van der Waals surface area contributed by atoms with Gasteiger partial charge >= 0.3 is 0 Å². The molecule has 0 saturated carbocycles. The molecule has 0 atom stereocenters. The number of hydrogen-bond donors (Lipinski definition) is 1. The topological polar surface area (TPSA) is 21.3 Å². The molecule has 0 bridgehead atoms. The van der Waals surface area contributed by atoms with Crippen LogP contribution in [0.5, 0.6) is 5.75 Å². The molecule has 1 aromatic carbocycles. The predicted octanol–water partition coefficient (Wildman–Crippen LogP) is 3.09. The van der Waals surface area contributed by atoms with E-state index in [1.54, 1.807) is 18.2 Å². The van der Waals surface area contributed by atoms with E-state index < -0.39 is 13.0 Å². The second kappa shape index (κ2) is 6.66. The standard InChI is InChI=1S/C11H14ClF2NO/c1-2-15-6-8-4-3-5-9(12)11(8)16-7-10(13)14/h3-5,10,15H,2,6-7H2,1H3. The van der Waals surface area contributed by atoms with Gasteiger partial charge in [-0.15, -0.1) is 0 Å². The third-order valence-corrected chi connectivity index (χ3v) is 2.27. The van der Waals surface area contributed by atoms with Gasteiger partial charge in [0.15, 0.2) is 0 Å². The normalized spacial score (nSPS) is 10.8. The van der Waals surface area contributed by atoms with Gasteiger partial charge < -0.3 is 10.1 Å². The summed E-state index contributed by atoms with van der Waals surface area (Å²) in [6.45, 7) is 2.67. The molecule has 0 aliphatic carbocycles. The van der Waals surface area contributed by atoms with Crippen LogP contribution in [-0.2, 0) is 6.54 Å². The number of hydrogen-bond acceptors (Lipinski definition) is 2. The minimum absolute atomic E-state index is 0.338. The molecule has 0 saturated heterocycles. The van der Waals surface area contributed by atoms with Gasteiger partial charge in [-0.2, -0.15) is 0 Å².